The molecule has 0 bridgehead atoms. The Morgan fingerprint density at radius 3 is 2.60 bits per heavy atom. The molecule has 1 aromatic rings. The summed E-state index contributed by atoms with van der Waals surface area (Å²) < 4.78 is 38.6. The van der Waals surface area contributed by atoms with Crippen LogP contribution in [0.15, 0.2) is 18.5 Å². The predicted molar refractivity (Wildman–Crippen MR) is 70.4 cm³/mol. The lowest BCUT2D eigenvalue weighted by molar-refractivity contribution is -0.148. The zero-order chi connectivity index (χ0) is 14.4. The van der Waals surface area contributed by atoms with E-state index in [1.807, 2.05) is 16.9 Å². The van der Waals surface area contributed by atoms with Crippen molar-refractivity contribution >= 4 is 0 Å². The minimum absolute atomic E-state index is 0.345. The first-order valence-corrected chi connectivity index (χ1v) is 7.03. The molecule has 0 aromatic carbocycles. The first-order valence-electron chi connectivity index (χ1n) is 7.03. The fraction of sp³-hybridized carbons (Fsp3) is 0.769. The second kappa shape index (κ2) is 7.08. The van der Waals surface area contributed by atoms with Crippen LogP contribution in [-0.2, 0) is 6.54 Å². The van der Waals surface area contributed by atoms with E-state index in [0.717, 1.165) is 32.4 Å². The third-order valence-electron chi connectivity index (χ3n) is 3.55. The highest BCUT2D eigenvalue weighted by Gasteiger charge is 2.32. The number of nitrogens with zero attached hydrogens (tertiary/aromatic N) is 3. The van der Waals surface area contributed by atoms with Crippen molar-refractivity contribution in [2.75, 3.05) is 26.2 Å². The Balaban J connectivity index is 1.55. The van der Waals surface area contributed by atoms with E-state index in [9.17, 15) is 13.2 Å². The van der Waals surface area contributed by atoms with E-state index >= 15 is 0 Å². The van der Waals surface area contributed by atoms with Crippen LogP contribution < -0.4 is 5.32 Å². The summed E-state index contributed by atoms with van der Waals surface area (Å²) in [6, 6.07) is 2.24. The number of aryl methyl sites for hydroxylation is 1. The van der Waals surface area contributed by atoms with Crippen LogP contribution >= 0.6 is 0 Å². The molecule has 4 nitrogen and oxygen atoms in total. The molecule has 0 spiro atoms. The summed E-state index contributed by atoms with van der Waals surface area (Å²) in [5, 5.41) is 7.54. The molecular formula is C13H21F3N4. The summed E-state index contributed by atoms with van der Waals surface area (Å²) in [5.74, 6) is 0. The molecule has 2 heterocycles. The number of alkyl halides is 3. The van der Waals surface area contributed by atoms with E-state index in [1.165, 1.54) is 4.90 Å². The maximum atomic E-state index is 12.3. The van der Waals surface area contributed by atoms with Gasteiger partial charge in [0.05, 0.1) is 6.54 Å². The van der Waals surface area contributed by atoms with Gasteiger partial charge in [-0.15, -0.1) is 0 Å². The van der Waals surface area contributed by atoms with Crippen molar-refractivity contribution in [3.05, 3.63) is 18.5 Å². The molecule has 0 radical (unpaired) electrons. The van der Waals surface area contributed by atoms with Crippen molar-refractivity contribution in [1.29, 1.82) is 0 Å². The quantitative estimate of drug-likeness (QED) is 0.812. The van der Waals surface area contributed by atoms with Gasteiger partial charge in [-0.3, -0.25) is 9.58 Å². The molecule has 1 aliphatic rings. The molecule has 0 saturated carbocycles. The van der Waals surface area contributed by atoms with Gasteiger partial charge in [-0.2, -0.15) is 18.3 Å². The summed E-state index contributed by atoms with van der Waals surface area (Å²) in [5.41, 5.74) is 0. The van der Waals surface area contributed by atoms with Crippen LogP contribution in [0.5, 0.6) is 0 Å². The van der Waals surface area contributed by atoms with Gasteiger partial charge in [0, 0.05) is 25.0 Å². The monoisotopic (exact) mass is 290 g/mol. The Labute approximate surface area is 116 Å². The molecule has 20 heavy (non-hydrogen) atoms. The number of hydrogen-bond acceptors (Lipinski definition) is 3. The van der Waals surface area contributed by atoms with Crippen molar-refractivity contribution in [2.45, 2.75) is 38.0 Å². The largest absolute Gasteiger partial charge is 0.401 e. The van der Waals surface area contributed by atoms with Gasteiger partial charge in [-0.25, -0.2) is 0 Å². The second-order valence-corrected chi connectivity index (χ2v) is 5.24. The van der Waals surface area contributed by atoms with Crippen molar-refractivity contribution < 1.29 is 13.2 Å². The average molecular weight is 290 g/mol. The molecule has 7 heteroatoms. The zero-order valence-electron chi connectivity index (χ0n) is 11.4. The van der Waals surface area contributed by atoms with Gasteiger partial charge < -0.3 is 5.32 Å². The molecule has 114 valence electrons. The summed E-state index contributed by atoms with van der Waals surface area (Å²) in [6.45, 7) is 2.02. The SMILES string of the molecule is FC(F)(F)CN1CCC(NCCCn2cccn2)CC1. The Morgan fingerprint density at radius 1 is 1.25 bits per heavy atom. The highest BCUT2D eigenvalue weighted by Crippen LogP contribution is 2.19. The number of nitrogens with one attached hydrogen (secondary N) is 1. The highest BCUT2D eigenvalue weighted by molar-refractivity contribution is 4.79. The van der Waals surface area contributed by atoms with Gasteiger partial charge >= 0.3 is 6.18 Å². The van der Waals surface area contributed by atoms with Crippen molar-refractivity contribution in [1.82, 2.24) is 20.0 Å². The lowest BCUT2D eigenvalue weighted by Crippen LogP contribution is -2.45. The summed E-state index contributed by atoms with van der Waals surface area (Å²) >= 11 is 0. The summed E-state index contributed by atoms with van der Waals surface area (Å²) in [7, 11) is 0. The van der Waals surface area contributed by atoms with Crippen LogP contribution in [0.3, 0.4) is 0 Å². The maximum Gasteiger partial charge on any atom is 0.401 e. The van der Waals surface area contributed by atoms with E-state index in [0.29, 0.717) is 19.1 Å². The molecule has 1 N–H and O–H groups in total. The Morgan fingerprint density at radius 2 is 2.00 bits per heavy atom. The lowest BCUT2D eigenvalue weighted by atomic mass is 10.0. The van der Waals surface area contributed by atoms with Crippen LogP contribution in [-0.4, -0.2) is 53.1 Å². The number of piperidine rings is 1. The number of aromatic nitrogens is 2. The van der Waals surface area contributed by atoms with Gasteiger partial charge in [0.15, 0.2) is 0 Å². The van der Waals surface area contributed by atoms with Crippen molar-refractivity contribution in [3.8, 4) is 0 Å². The van der Waals surface area contributed by atoms with Gasteiger partial charge in [0.25, 0.3) is 0 Å². The third kappa shape index (κ3) is 5.50. The molecule has 0 atom stereocenters. The van der Waals surface area contributed by atoms with E-state index in [-0.39, 0.29) is 0 Å². The van der Waals surface area contributed by atoms with E-state index in [4.69, 9.17) is 0 Å². The fourth-order valence-electron chi connectivity index (χ4n) is 2.53. The zero-order valence-corrected chi connectivity index (χ0v) is 11.4. The van der Waals surface area contributed by atoms with Crippen molar-refractivity contribution in [3.63, 3.8) is 0 Å². The Bertz CT molecular complexity index is 369. The van der Waals surface area contributed by atoms with Gasteiger partial charge in [0.1, 0.15) is 0 Å². The standard InChI is InChI=1S/C13H21F3N4/c14-13(15,16)11-19-9-3-12(4-10-19)17-5-1-7-20-8-2-6-18-20/h2,6,8,12,17H,1,3-5,7,9-11H2. The molecule has 0 unspecified atom stereocenters. The Kier molecular flexibility index (Phi) is 5.42. The molecule has 1 aliphatic heterocycles. The predicted octanol–water partition coefficient (Wildman–Crippen LogP) is 1.89. The van der Waals surface area contributed by atoms with E-state index < -0.39 is 12.7 Å². The number of hydrogen-bond donors (Lipinski definition) is 1. The molecule has 0 aliphatic carbocycles. The van der Waals surface area contributed by atoms with Gasteiger partial charge in [-0.1, -0.05) is 0 Å². The molecule has 1 fully saturated rings. The van der Waals surface area contributed by atoms with Gasteiger partial charge in [-0.05, 0) is 45.0 Å². The number of likely N-dealkylation sites (tertiary alicyclic amines) is 1. The molecule has 2 rings (SSSR count). The first-order chi connectivity index (χ1) is 9.53. The molecule has 1 saturated heterocycles. The van der Waals surface area contributed by atoms with Crippen LogP contribution in [0.2, 0.25) is 0 Å². The minimum Gasteiger partial charge on any atom is -0.314 e. The van der Waals surface area contributed by atoms with E-state index in [2.05, 4.69) is 10.4 Å². The number of halogens is 3. The topological polar surface area (TPSA) is 33.1 Å². The van der Waals surface area contributed by atoms with Crippen LogP contribution in [0.25, 0.3) is 0 Å². The highest BCUT2D eigenvalue weighted by atomic mass is 19.4. The average Bonchev–Trinajstić information content (AvgIpc) is 2.88. The normalized spacial score (nSPS) is 18.6. The molecule has 0 amide bonds. The van der Waals surface area contributed by atoms with Crippen LogP contribution in [0.4, 0.5) is 13.2 Å². The van der Waals surface area contributed by atoms with Crippen LogP contribution in [0.1, 0.15) is 19.3 Å². The summed E-state index contributed by atoms with van der Waals surface area (Å²) in [6.07, 6.45) is 2.16. The summed E-state index contributed by atoms with van der Waals surface area (Å²) in [4.78, 5) is 1.49. The molecular weight excluding hydrogens is 269 g/mol. The van der Waals surface area contributed by atoms with Gasteiger partial charge in [0.2, 0.25) is 0 Å². The molecule has 1 aromatic heterocycles. The third-order valence-corrected chi connectivity index (χ3v) is 3.55. The fourth-order valence-corrected chi connectivity index (χ4v) is 2.53. The second-order valence-electron chi connectivity index (χ2n) is 5.24. The van der Waals surface area contributed by atoms with Crippen molar-refractivity contribution in [2.24, 2.45) is 0 Å². The smallest absolute Gasteiger partial charge is 0.314 e. The number of rotatable bonds is 6. The minimum atomic E-state index is -4.08. The maximum absolute atomic E-state index is 12.3. The first kappa shape index (κ1) is 15.3. The van der Waals surface area contributed by atoms with E-state index in [1.54, 1.807) is 6.20 Å². The van der Waals surface area contributed by atoms with Crippen LogP contribution in [0, 0.1) is 0 Å². The Hall–Kier alpha value is -1.08. The lowest BCUT2D eigenvalue weighted by Gasteiger charge is -2.32.